The molecule has 28 heavy (non-hydrogen) atoms. The lowest BCUT2D eigenvalue weighted by Gasteiger charge is -2.37. The van der Waals surface area contributed by atoms with Crippen molar-refractivity contribution in [2.24, 2.45) is 5.92 Å². The fourth-order valence-electron chi connectivity index (χ4n) is 4.05. The van der Waals surface area contributed by atoms with Crippen LogP contribution in [0.5, 0.6) is 5.75 Å². The smallest absolute Gasteiger partial charge is 0.228 e. The number of para-hydroxylation sites is 2. The van der Waals surface area contributed by atoms with E-state index in [1.807, 2.05) is 47.4 Å². The number of carbonyl (C=O) groups excluding carboxylic acids is 2. The first-order valence-corrected chi connectivity index (χ1v) is 9.75. The summed E-state index contributed by atoms with van der Waals surface area (Å²) in [6.45, 7) is 3.62. The van der Waals surface area contributed by atoms with E-state index in [4.69, 9.17) is 0 Å². The summed E-state index contributed by atoms with van der Waals surface area (Å²) in [7, 11) is 0. The Kier molecular flexibility index (Phi) is 5.19. The van der Waals surface area contributed by atoms with Crippen LogP contribution >= 0.6 is 0 Å². The Labute approximate surface area is 165 Å². The van der Waals surface area contributed by atoms with Crippen LogP contribution in [0.3, 0.4) is 0 Å². The highest BCUT2D eigenvalue weighted by Crippen LogP contribution is 2.28. The summed E-state index contributed by atoms with van der Waals surface area (Å²) in [5.74, 6) is 0.129. The molecule has 2 fully saturated rings. The van der Waals surface area contributed by atoms with E-state index in [0.29, 0.717) is 45.7 Å². The summed E-state index contributed by atoms with van der Waals surface area (Å²) < 4.78 is 0. The minimum absolute atomic E-state index is 0.0510. The first-order chi connectivity index (χ1) is 13.6. The van der Waals surface area contributed by atoms with Gasteiger partial charge in [-0.3, -0.25) is 9.59 Å². The Morgan fingerprint density at radius 1 is 0.964 bits per heavy atom. The maximum absolute atomic E-state index is 12.9. The molecule has 4 rings (SSSR count). The highest BCUT2D eigenvalue weighted by Gasteiger charge is 2.37. The monoisotopic (exact) mass is 379 g/mol. The predicted octanol–water partition coefficient (Wildman–Crippen LogP) is 2.09. The number of phenols is 1. The Bertz CT molecular complexity index is 847. The molecule has 0 aromatic heterocycles. The number of piperazine rings is 1. The van der Waals surface area contributed by atoms with Crippen LogP contribution in [0.15, 0.2) is 54.6 Å². The molecule has 2 aliphatic heterocycles. The van der Waals surface area contributed by atoms with Gasteiger partial charge in [-0.2, -0.15) is 0 Å². The SMILES string of the molecule is O=C1C[C@H](C(=O)N2CCN(c3ccccc3O)CC2)CN1Cc1ccccc1. The van der Waals surface area contributed by atoms with E-state index in [1.165, 1.54) is 0 Å². The van der Waals surface area contributed by atoms with Crippen LogP contribution in [0, 0.1) is 5.92 Å². The summed E-state index contributed by atoms with van der Waals surface area (Å²) in [5, 5.41) is 10.0. The van der Waals surface area contributed by atoms with E-state index < -0.39 is 0 Å². The van der Waals surface area contributed by atoms with Gasteiger partial charge in [-0.15, -0.1) is 0 Å². The minimum atomic E-state index is -0.257. The molecular weight excluding hydrogens is 354 g/mol. The van der Waals surface area contributed by atoms with Crippen LogP contribution in [0.25, 0.3) is 0 Å². The van der Waals surface area contributed by atoms with Gasteiger partial charge in [0, 0.05) is 45.7 Å². The number of hydrogen-bond acceptors (Lipinski definition) is 4. The summed E-state index contributed by atoms with van der Waals surface area (Å²) in [5.41, 5.74) is 1.89. The van der Waals surface area contributed by atoms with Gasteiger partial charge in [-0.05, 0) is 17.7 Å². The maximum Gasteiger partial charge on any atom is 0.228 e. The van der Waals surface area contributed by atoms with Crippen molar-refractivity contribution in [2.45, 2.75) is 13.0 Å². The summed E-state index contributed by atoms with van der Waals surface area (Å²) in [6, 6.07) is 17.2. The first kappa shape index (κ1) is 18.3. The Hall–Kier alpha value is -3.02. The molecule has 2 amide bonds. The molecule has 2 heterocycles. The van der Waals surface area contributed by atoms with Crippen molar-refractivity contribution in [2.75, 3.05) is 37.6 Å². The van der Waals surface area contributed by atoms with E-state index in [2.05, 4.69) is 4.90 Å². The van der Waals surface area contributed by atoms with E-state index in [1.54, 1.807) is 17.0 Å². The molecule has 146 valence electrons. The van der Waals surface area contributed by atoms with Crippen molar-refractivity contribution < 1.29 is 14.7 Å². The third-order valence-corrected chi connectivity index (χ3v) is 5.59. The van der Waals surface area contributed by atoms with Crippen LogP contribution in [-0.4, -0.2) is 59.4 Å². The van der Waals surface area contributed by atoms with Gasteiger partial charge < -0.3 is 19.8 Å². The number of likely N-dealkylation sites (tertiary alicyclic amines) is 1. The number of hydrogen-bond donors (Lipinski definition) is 1. The van der Waals surface area contributed by atoms with Gasteiger partial charge in [0.1, 0.15) is 5.75 Å². The van der Waals surface area contributed by atoms with Crippen LogP contribution in [-0.2, 0) is 16.1 Å². The zero-order valence-electron chi connectivity index (χ0n) is 15.8. The molecule has 6 nitrogen and oxygen atoms in total. The predicted molar refractivity (Wildman–Crippen MR) is 107 cm³/mol. The standard InChI is InChI=1S/C22H25N3O3/c26-20-9-5-4-8-19(20)23-10-12-24(13-11-23)22(28)18-14-21(27)25(16-18)15-17-6-2-1-3-7-17/h1-9,18,26H,10-16H2/t18-/m0/s1. The molecule has 0 unspecified atom stereocenters. The van der Waals surface area contributed by atoms with Crippen LogP contribution in [0.1, 0.15) is 12.0 Å². The van der Waals surface area contributed by atoms with Crippen LogP contribution in [0.4, 0.5) is 5.69 Å². The highest BCUT2D eigenvalue weighted by atomic mass is 16.3. The summed E-state index contributed by atoms with van der Waals surface area (Å²) in [4.78, 5) is 31.1. The first-order valence-electron chi connectivity index (χ1n) is 9.75. The topological polar surface area (TPSA) is 64.1 Å². The largest absolute Gasteiger partial charge is 0.506 e. The van der Waals surface area contributed by atoms with E-state index in [-0.39, 0.29) is 23.5 Å². The molecule has 0 spiro atoms. The molecule has 2 saturated heterocycles. The van der Waals surface area contributed by atoms with E-state index in [9.17, 15) is 14.7 Å². The quantitative estimate of drug-likeness (QED) is 0.884. The number of carbonyl (C=O) groups is 2. The number of nitrogens with zero attached hydrogens (tertiary/aromatic N) is 3. The van der Waals surface area contributed by atoms with Crippen molar-refractivity contribution in [3.8, 4) is 5.75 Å². The van der Waals surface area contributed by atoms with Crippen molar-refractivity contribution in [1.82, 2.24) is 9.80 Å². The summed E-state index contributed by atoms with van der Waals surface area (Å²) >= 11 is 0. The molecule has 1 atom stereocenters. The minimum Gasteiger partial charge on any atom is -0.506 e. The van der Waals surface area contributed by atoms with Gasteiger partial charge in [0.05, 0.1) is 11.6 Å². The average molecular weight is 379 g/mol. The number of rotatable bonds is 4. The number of benzene rings is 2. The van der Waals surface area contributed by atoms with Crippen LogP contribution < -0.4 is 4.90 Å². The van der Waals surface area contributed by atoms with Gasteiger partial charge in [0.2, 0.25) is 11.8 Å². The van der Waals surface area contributed by atoms with Crippen LogP contribution in [0.2, 0.25) is 0 Å². The lowest BCUT2D eigenvalue weighted by molar-refractivity contribution is -0.136. The number of amides is 2. The van der Waals surface area contributed by atoms with Gasteiger partial charge in [-0.25, -0.2) is 0 Å². The Morgan fingerprint density at radius 3 is 2.36 bits per heavy atom. The third-order valence-electron chi connectivity index (χ3n) is 5.59. The molecule has 0 aliphatic carbocycles. The second kappa shape index (κ2) is 7.92. The molecule has 0 saturated carbocycles. The number of anilines is 1. The number of phenolic OH excluding ortho intramolecular Hbond substituents is 1. The molecule has 2 aromatic rings. The van der Waals surface area contributed by atoms with E-state index >= 15 is 0 Å². The van der Waals surface area contributed by atoms with Crippen molar-refractivity contribution in [3.05, 3.63) is 60.2 Å². The molecule has 0 bridgehead atoms. The van der Waals surface area contributed by atoms with Gasteiger partial charge >= 0.3 is 0 Å². The fourth-order valence-corrected chi connectivity index (χ4v) is 4.05. The lowest BCUT2D eigenvalue weighted by atomic mass is 10.1. The second-order valence-electron chi connectivity index (χ2n) is 7.46. The third kappa shape index (κ3) is 3.81. The van der Waals surface area contributed by atoms with Crippen molar-refractivity contribution in [3.63, 3.8) is 0 Å². The molecule has 6 heteroatoms. The molecule has 0 radical (unpaired) electrons. The van der Waals surface area contributed by atoms with E-state index in [0.717, 1.165) is 11.3 Å². The number of aromatic hydroxyl groups is 1. The molecule has 2 aliphatic rings. The molecule has 2 aromatic carbocycles. The second-order valence-corrected chi connectivity index (χ2v) is 7.46. The maximum atomic E-state index is 12.9. The lowest BCUT2D eigenvalue weighted by Crippen LogP contribution is -2.50. The summed E-state index contributed by atoms with van der Waals surface area (Å²) in [6.07, 6.45) is 0.297. The highest BCUT2D eigenvalue weighted by molar-refractivity contribution is 5.89. The van der Waals surface area contributed by atoms with Crippen molar-refractivity contribution in [1.29, 1.82) is 0 Å². The molecular formula is C22H25N3O3. The average Bonchev–Trinajstić information content (AvgIpc) is 3.09. The Balaban J connectivity index is 1.33. The fraction of sp³-hybridized carbons (Fsp3) is 0.364. The Morgan fingerprint density at radius 2 is 1.64 bits per heavy atom. The zero-order valence-corrected chi connectivity index (χ0v) is 15.8. The van der Waals surface area contributed by atoms with Gasteiger partial charge in [0.15, 0.2) is 0 Å². The normalized spacial score (nSPS) is 19.9. The van der Waals surface area contributed by atoms with Gasteiger partial charge in [0.25, 0.3) is 0 Å². The zero-order chi connectivity index (χ0) is 19.5. The van der Waals surface area contributed by atoms with Crippen molar-refractivity contribution >= 4 is 17.5 Å². The van der Waals surface area contributed by atoms with Gasteiger partial charge in [-0.1, -0.05) is 42.5 Å². The molecule has 1 N–H and O–H groups in total.